The molecule has 1 aromatic rings. The van der Waals surface area contributed by atoms with Crippen LogP contribution in [0.15, 0.2) is 30.3 Å². The van der Waals surface area contributed by atoms with Crippen LogP contribution in [0.2, 0.25) is 0 Å². The zero-order valence-corrected chi connectivity index (χ0v) is 15.3. The summed E-state index contributed by atoms with van der Waals surface area (Å²) in [7, 11) is -3.39. The molecule has 0 bridgehead atoms. The van der Waals surface area contributed by atoms with Crippen LogP contribution >= 0.6 is 0 Å². The lowest BCUT2D eigenvalue weighted by Crippen LogP contribution is -2.36. The van der Waals surface area contributed by atoms with Gasteiger partial charge in [0.15, 0.2) is 0 Å². The minimum absolute atomic E-state index is 0.112. The molecular formula is C17H28N2O3S. The molecule has 0 spiro atoms. The molecule has 5 nitrogen and oxygen atoms in total. The smallest absolute Gasteiger partial charge is 0.221 e. The lowest BCUT2D eigenvalue weighted by Gasteiger charge is -2.27. The van der Waals surface area contributed by atoms with E-state index < -0.39 is 10.0 Å². The summed E-state index contributed by atoms with van der Waals surface area (Å²) in [6.07, 6.45) is 2.27. The largest absolute Gasteiger partial charge is 0.356 e. The maximum Gasteiger partial charge on any atom is 0.221 e. The van der Waals surface area contributed by atoms with Crippen molar-refractivity contribution in [3.8, 4) is 0 Å². The second-order valence-electron chi connectivity index (χ2n) is 6.24. The third kappa shape index (κ3) is 7.14. The van der Waals surface area contributed by atoms with Crippen molar-refractivity contribution in [2.45, 2.75) is 39.7 Å². The van der Waals surface area contributed by atoms with E-state index in [-0.39, 0.29) is 24.9 Å². The normalized spacial score (nSPS) is 13.3. The topological polar surface area (TPSA) is 66.5 Å². The highest BCUT2D eigenvalue weighted by Crippen LogP contribution is 2.22. The van der Waals surface area contributed by atoms with Gasteiger partial charge in [0.2, 0.25) is 15.9 Å². The van der Waals surface area contributed by atoms with Gasteiger partial charge in [-0.1, -0.05) is 44.2 Å². The van der Waals surface area contributed by atoms with Crippen LogP contribution in [-0.2, 0) is 14.8 Å². The highest BCUT2D eigenvalue weighted by Gasteiger charge is 2.24. The minimum atomic E-state index is -3.39. The van der Waals surface area contributed by atoms with E-state index in [2.05, 4.69) is 19.2 Å². The first-order valence-corrected chi connectivity index (χ1v) is 9.85. The predicted molar refractivity (Wildman–Crippen MR) is 93.5 cm³/mol. The van der Waals surface area contributed by atoms with Crippen molar-refractivity contribution in [1.29, 1.82) is 0 Å². The highest BCUT2D eigenvalue weighted by atomic mass is 32.2. The Hall–Kier alpha value is -1.40. The van der Waals surface area contributed by atoms with Crippen molar-refractivity contribution in [2.24, 2.45) is 5.92 Å². The van der Waals surface area contributed by atoms with E-state index in [1.54, 1.807) is 0 Å². The van der Waals surface area contributed by atoms with E-state index in [9.17, 15) is 13.2 Å². The predicted octanol–water partition coefficient (Wildman–Crippen LogP) is 2.56. The quantitative estimate of drug-likeness (QED) is 0.751. The highest BCUT2D eigenvalue weighted by molar-refractivity contribution is 7.88. The van der Waals surface area contributed by atoms with Gasteiger partial charge >= 0.3 is 0 Å². The second kappa shape index (κ2) is 9.03. The van der Waals surface area contributed by atoms with Crippen LogP contribution in [0, 0.1) is 5.92 Å². The number of nitrogens with one attached hydrogen (secondary N) is 1. The lowest BCUT2D eigenvalue weighted by atomic mass is 10.1. The molecule has 1 N–H and O–H groups in total. The van der Waals surface area contributed by atoms with Crippen molar-refractivity contribution in [2.75, 3.05) is 19.3 Å². The fraction of sp³-hybridized carbons (Fsp3) is 0.588. The molecule has 23 heavy (non-hydrogen) atoms. The standard InChI is InChI=1S/C17H28N2O3S/c1-14(2)10-12-18-17(20)11-13-19(23(4,21)22)15(3)16-8-6-5-7-9-16/h5-9,14-15H,10-13H2,1-4H3,(H,18,20). The number of sulfonamides is 1. The van der Waals surface area contributed by atoms with E-state index in [1.165, 1.54) is 10.6 Å². The molecule has 0 radical (unpaired) electrons. The molecule has 0 aromatic heterocycles. The van der Waals surface area contributed by atoms with Gasteiger partial charge < -0.3 is 5.32 Å². The maximum absolute atomic E-state index is 12.1. The Bertz CT molecular complexity index is 585. The molecule has 0 aliphatic carbocycles. The lowest BCUT2D eigenvalue weighted by molar-refractivity contribution is -0.121. The minimum Gasteiger partial charge on any atom is -0.356 e. The fourth-order valence-corrected chi connectivity index (χ4v) is 3.46. The van der Waals surface area contributed by atoms with Crippen LogP contribution in [0.25, 0.3) is 0 Å². The number of rotatable bonds is 9. The Morgan fingerprint density at radius 2 is 1.78 bits per heavy atom. The molecule has 130 valence electrons. The Morgan fingerprint density at radius 1 is 1.17 bits per heavy atom. The van der Waals surface area contributed by atoms with Gasteiger partial charge in [-0.15, -0.1) is 0 Å². The summed E-state index contributed by atoms with van der Waals surface area (Å²) in [4.78, 5) is 11.9. The zero-order valence-electron chi connectivity index (χ0n) is 14.5. The number of amides is 1. The van der Waals surface area contributed by atoms with Crippen LogP contribution in [0.5, 0.6) is 0 Å². The molecule has 0 saturated heterocycles. The summed E-state index contributed by atoms with van der Waals surface area (Å²) in [6.45, 7) is 6.84. The second-order valence-corrected chi connectivity index (χ2v) is 8.18. The van der Waals surface area contributed by atoms with E-state index >= 15 is 0 Å². The summed E-state index contributed by atoms with van der Waals surface area (Å²) in [5.74, 6) is 0.417. The zero-order chi connectivity index (χ0) is 17.5. The van der Waals surface area contributed by atoms with Crippen LogP contribution in [0.3, 0.4) is 0 Å². The Kier molecular flexibility index (Phi) is 7.72. The molecule has 0 saturated carbocycles. The average molecular weight is 340 g/mol. The van der Waals surface area contributed by atoms with E-state index in [4.69, 9.17) is 0 Å². The van der Waals surface area contributed by atoms with Gasteiger partial charge in [0.05, 0.1) is 6.26 Å². The number of benzene rings is 1. The van der Waals surface area contributed by atoms with Crippen molar-refractivity contribution in [3.05, 3.63) is 35.9 Å². The van der Waals surface area contributed by atoms with Crippen molar-refractivity contribution in [3.63, 3.8) is 0 Å². The van der Waals surface area contributed by atoms with Gasteiger partial charge in [-0.3, -0.25) is 4.79 Å². The van der Waals surface area contributed by atoms with Gasteiger partial charge in [-0.05, 0) is 24.8 Å². The molecule has 0 fully saturated rings. The molecule has 0 aliphatic rings. The summed E-state index contributed by atoms with van der Waals surface area (Å²) in [6, 6.07) is 9.14. The van der Waals surface area contributed by atoms with E-state index in [0.717, 1.165) is 12.0 Å². The molecule has 1 amide bonds. The first-order chi connectivity index (χ1) is 10.7. The first kappa shape index (κ1) is 19.6. The number of carbonyl (C=O) groups excluding carboxylic acids is 1. The summed E-state index contributed by atoms with van der Waals surface area (Å²) >= 11 is 0. The third-order valence-corrected chi connectivity index (χ3v) is 5.09. The van der Waals surface area contributed by atoms with Gasteiger partial charge in [-0.2, -0.15) is 4.31 Å². The molecule has 0 heterocycles. The van der Waals surface area contributed by atoms with Crippen LogP contribution in [0.4, 0.5) is 0 Å². The Labute approximate surface area is 140 Å². The summed E-state index contributed by atoms with van der Waals surface area (Å²) < 4.78 is 25.5. The molecule has 1 unspecified atom stereocenters. The summed E-state index contributed by atoms with van der Waals surface area (Å²) in [5, 5.41) is 2.84. The van der Waals surface area contributed by atoms with Crippen molar-refractivity contribution < 1.29 is 13.2 Å². The van der Waals surface area contributed by atoms with Crippen molar-refractivity contribution in [1.82, 2.24) is 9.62 Å². The Balaban J connectivity index is 2.65. The van der Waals surface area contributed by atoms with Gasteiger partial charge in [-0.25, -0.2) is 8.42 Å². The maximum atomic E-state index is 12.1. The monoisotopic (exact) mass is 340 g/mol. The molecule has 1 aromatic carbocycles. The van der Waals surface area contributed by atoms with E-state index in [0.29, 0.717) is 12.5 Å². The fourth-order valence-electron chi connectivity index (χ4n) is 2.34. The molecule has 1 rings (SSSR count). The van der Waals surface area contributed by atoms with Gasteiger partial charge in [0, 0.05) is 25.6 Å². The van der Waals surface area contributed by atoms with Gasteiger partial charge in [0.25, 0.3) is 0 Å². The molecule has 1 atom stereocenters. The van der Waals surface area contributed by atoms with Gasteiger partial charge in [0.1, 0.15) is 0 Å². The van der Waals surface area contributed by atoms with Crippen LogP contribution in [-0.4, -0.2) is 38.0 Å². The van der Waals surface area contributed by atoms with E-state index in [1.807, 2.05) is 37.3 Å². The SMILES string of the molecule is CC(C)CCNC(=O)CCN(C(C)c1ccccc1)S(C)(=O)=O. The molecule has 6 heteroatoms. The van der Waals surface area contributed by atoms with Crippen molar-refractivity contribution >= 4 is 15.9 Å². The number of hydrogen-bond acceptors (Lipinski definition) is 3. The summed E-state index contributed by atoms with van der Waals surface area (Å²) in [5.41, 5.74) is 0.915. The number of nitrogens with zero attached hydrogens (tertiary/aromatic N) is 1. The molecule has 0 aliphatic heterocycles. The number of hydrogen-bond donors (Lipinski definition) is 1. The Morgan fingerprint density at radius 3 is 2.30 bits per heavy atom. The third-order valence-electron chi connectivity index (χ3n) is 3.74. The number of carbonyl (C=O) groups is 1. The first-order valence-electron chi connectivity index (χ1n) is 8.00. The van der Waals surface area contributed by atoms with Crippen LogP contribution in [0.1, 0.15) is 45.2 Å². The van der Waals surface area contributed by atoms with Crippen LogP contribution < -0.4 is 5.32 Å². The molecular weight excluding hydrogens is 312 g/mol. The average Bonchev–Trinajstić information content (AvgIpc) is 2.46.